The van der Waals surface area contributed by atoms with Crippen LogP contribution in [0.5, 0.6) is 0 Å². The average Bonchev–Trinajstić information content (AvgIpc) is 2.28. The summed E-state index contributed by atoms with van der Waals surface area (Å²) in [6.45, 7) is 6.45. The molecule has 1 aromatic rings. The molecule has 1 aliphatic heterocycles. The van der Waals surface area contributed by atoms with E-state index in [2.05, 4.69) is 43.0 Å². The van der Waals surface area contributed by atoms with E-state index in [-0.39, 0.29) is 6.03 Å². The number of piperazine rings is 1. The molecule has 17 heavy (non-hydrogen) atoms. The number of carbonyl (C=O) groups excluding carboxylic acids is 1. The van der Waals surface area contributed by atoms with Crippen LogP contribution in [0.25, 0.3) is 0 Å². The van der Waals surface area contributed by atoms with Gasteiger partial charge in [0.2, 0.25) is 0 Å². The Labute approximate surface area is 102 Å². The molecule has 1 heterocycles. The van der Waals surface area contributed by atoms with Gasteiger partial charge >= 0.3 is 6.03 Å². The van der Waals surface area contributed by atoms with Gasteiger partial charge in [0.25, 0.3) is 0 Å². The predicted octanol–water partition coefficient (Wildman–Crippen LogP) is 1.58. The number of nitrogens with two attached hydrogens (primary N) is 1. The van der Waals surface area contributed by atoms with Crippen LogP contribution < -0.4 is 10.6 Å². The average molecular weight is 233 g/mol. The summed E-state index contributed by atoms with van der Waals surface area (Å²) in [6.07, 6.45) is 0. The van der Waals surface area contributed by atoms with Crippen molar-refractivity contribution in [3.8, 4) is 0 Å². The SMILES string of the molecule is Cc1cccc(N2CCN(C(N)=O)CC2C)c1. The van der Waals surface area contributed by atoms with E-state index >= 15 is 0 Å². The number of hydrogen-bond acceptors (Lipinski definition) is 2. The third-order valence-corrected chi connectivity index (χ3v) is 3.27. The van der Waals surface area contributed by atoms with Crippen LogP contribution in [0.3, 0.4) is 0 Å². The zero-order chi connectivity index (χ0) is 12.4. The van der Waals surface area contributed by atoms with Gasteiger partial charge in [-0.15, -0.1) is 0 Å². The van der Waals surface area contributed by atoms with Crippen molar-refractivity contribution in [1.82, 2.24) is 4.90 Å². The quantitative estimate of drug-likeness (QED) is 0.800. The fraction of sp³-hybridized carbons (Fsp3) is 0.462. The minimum absolute atomic E-state index is 0.304. The van der Waals surface area contributed by atoms with Crippen molar-refractivity contribution in [2.24, 2.45) is 5.73 Å². The van der Waals surface area contributed by atoms with Gasteiger partial charge in [-0.25, -0.2) is 4.79 Å². The number of primary amides is 1. The summed E-state index contributed by atoms with van der Waals surface area (Å²) in [7, 11) is 0. The Morgan fingerprint density at radius 1 is 1.41 bits per heavy atom. The molecule has 1 atom stereocenters. The Hall–Kier alpha value is -1.71. The predicted molar refractivity (Wildman–Crippen MR) is 69.1 cm³/mol. The number of aryl methyl sites for hydroxylation is 1. The highest BCUT2D eigenvalue weighted by Crippen LogP contribution is 2.21. The number of carbonyl (C=O) groups is 1. The zero-order valence-corrected chi connectivity index (χ0v) is 10.4. The minimum atomic E-state index is -0.319. The Bertz CT molecular complexity index is 419. The molecule has 4 nitrogen and oxygen atoms in total. The lowest BCUT2D eigenvalue weighted by atomic mass is 10.1. The lowest BCUT2D eigenvalue weighted by molar-refractivity contribution is 0.196. The van der Waals surface area contributed by atoms with Gasteiger partial charge in [-0.1, -0.05) is 12.1 Å². The second-order valence-corrected chi connectivity index (χ2v) is 4.67. The fourth-order valence-electron chi connectivity index (χ4n) is 2.35. The third-order valence-electron chi connectivity index (χ3n) is 3.27. The van der Waals surface area contributed by atoms with E-state index in [0.717, 1.165) is 6.54 Å². The van der Waals surface area contributed by atoms with Gasteiger partial charge in [-0.3, -0.25) is 0 Å². The van der Waals surface area contributed by atoms with Crippen LogP contribution in [-0.4, -0.2) is 36.6 Å². The molecule has 1 aliphatic rings. The van der Waals surface area contributed by atoms with Crippen molar-refractivity contribution in [3.05, 3.63) is 29.8 Å². The highest BCUT2D eigenvalue weighted by Gasteiger charge is 2.25. The van der Waals surface area contributed by atoms with E-state index in [1.807, 2.05) is 0 Å². The number of anilines is 1. The zero-order valence-electron chi connectivity index (χ0n) is 10.4. The highest BCUT2D eigenvalue weighted by atomic mass is 16.2. The number of hydrogen-bond donors (Lipinski definition) is 1. The van der Waals surface area contributed by atoms with Crippen LogP contribution in [0.2, 0.25) is 0 Å². The Morgan fingerprint density at radius 2 is 2.18 bits per heavy atom. The molecule has 0 aromatic heterocycles. The maximum Gasteiger partial charge on any atom is 0.314 e. The largest absolute Gasteiger partial charge is 0.365 e. The van der Waals surface area contributed by atoms with Gasteiger partial charge in [0.05, 0.1) is 0 Å². The molecule has 2 amide bonds. The molecule has 0 aliphatic carbocycles. The summed E-state index contributed by atoms with van der Waals surface area (Å²) in [5, 5.41) is 0. The van der Waals surface area contributed by atoms with E-state index in [4.69, 9.17) is 5.73 Å². The van der Waals surface area contributed by atoms with Crippen LogP contribution in [0, 0.1) is 6.92 Å². The van der Waals surface area contributed by atoms with E-state index < -0.39 is 0 Å². The molecule has 1 fully saturated rings. The Kier molecular flexibility index (Phi) is 3.22. The Balaban J connectivity index is 2.12. The van der Waals surface area contributed by atoms with Crippen LogP contribution in [0.4, 0.5) is 10.5 Å². The normalized spacial score (nSPS) is 20.5. The van der Waals surface area contributed by atoms with Crippen molar-refractivity contribution in [2.75, 3.05) is 24.5 Å². The summed E-state index contributed by atoms with van der Waals surface area (Å²) in [5.74, 6) is 0. The molecule has 4 heteroatoms. The first-order valence-corrected chi connectivity index (χ1v) is 5.95. The number of amides is 2. The van der Waals surface area contributed by atoms with Crippen molar-refractivity contribution < 1.29 is 4.79 Å². The van der Waals surface area contributed by atoms with E-state index in [9.17, 15) is 4.79 Å². The molecular formula is C13H19N3O. The molecule has 0 radical (unpaired) electrons. The first-order chi connectivity index (χ1) is 8.08. The van der Waals surface area contributed by atoms with Gasteiger partial charge < -0.3 is 15.5 Å². The van der Waals surface area contributed by atoms with E-state index in [1.54, 1.807) is 4.90 Å². The van der Waals surface area contributed by atoms with Gasteiger partial charge in [0.1, 0.15) is 0 Å². The monoisotopic (exact) mass is 233 g/mol. The molecule has 1 unspecified atom stereocenters. The molecule has 1 saturated heterocycles. The van der Waals surface area contributed by atoms with Crippen LogP contribution in [-0.2, 0) is 0 Å². The maximum atomic E-state index is 11.1. The summed E-state index contributed by atoms with van der Waals surface area (Å²) >= 11 is 0. The van der Waals surface area contributed by atoms with Gasteiger partial charge in [0.15, 0.2) is 0 Å². The summed E-state index contributed by atoms with van der Waals surface area (Å²) in [6, 6.07) is 8.43. The van der Waals surface area contributed by atoms with Crippen LogP contribution in [0.1, 0.15) is 12.5 Å². The molecule has 0 bridgehead atoms. The van der Waals surface area contributed by atoms with Gasteiger partial charge in [-0.05, 0) is 31.5 Å². The summed E-state index contributed by atoms with van der Waals surface area (Å²) < 4.78 is 0. The van der Waals surface area contributed by atoms with Crippen molar-refractivity contribution in [2.45, 2.75) is 19.9 Å². The van der Waals surface area contributed by atoms with E-state index in [1.165, 1.54) is 11.3 Å². The smallest absolute Gasteiger partial charge is 0.314 e. The van der Waals surface area contributed by atoms with E-state index in [0.29, 0.717) is 19.1 Å². The topological polar surface area (TPSA) is 49.6 Å². The molecule has 0 saturated carbocycles. The van der Waals surface area contributed by atoms with Gasteiger partial charge in [-0.2, -0.15) is 0 Å². The number of benzene rings is 1. The third kappa shape index (κ3) is 2.52. The second-order valence-electron chi connectivity index (χ2n) is 4.67. The number of rotatable bonds is 1. The first kappa shape index (κ1) is 11.8. The van der Waals surface area contributed by atoms with Crippen molar-refractivity contribution >= 4 is 11.7 Å². The molecule has 2 rings (SSSR count). The summed E-state index contributed by atoms with van der Waals surface area (Å²) in [4.78, 5) is 15.2. The van der Waals surface area contributed by atoms with Crippen molar-refractivity contribution in [3.63, 3.8) is 0 Å². The lowest BCUT2D eigenvalue weighted by Gasteiger charge is -2.40. The number of urea groups is 1. The second kappa shape index (κ2) is 4.65. The molecular weight excluding hydrogens is 214 g/mol. The summed E-state index contributed by atoms with van der Waals surface area (Å²) in [5.41, 5.74) is 7.79. The number of nitrogens with zero attached hydrogens (tertiary/aromatic N) is 2. The Morgan fingerprint density at radius 3 is 2.76 bits per heavy atom. The first-order valence-electron chi connectivity index (χ1n) is 5.95. The highest BCUT2D eigenvalue weighted by molar-refractivity contribution is 5.72. The lowest BCUT2D eigenvalue weighted by Crippen LogP contribution is -2.55. The molecule has 0 spiro atoms. The van der Waals surface area contributed by atoms with Gasteiger partial charge in [0, 0.05) is 31.4 Å². The van der Waals surface area contributed by atoms with Crippen LogP contribution in [0.15, 0.2) is 24.3 Å². The minimum Gasteiger partial charge on any atom is -0.365 e. The van der Waals surface area contributed by atoms with Crippen LogP contribution >= 0.6 is 0 Å². The van der Waals surface area contributed by atoms with Crippen molar-refractivity contribution in [1.29, 1.82) is 0 Å². The maximum absolute atomic E-state index is 11.1. The molecule has 1 aromatic carbocycles. The standard InChI is InChI=1S/C13H19N3O/c1-10-4-3-5-12(8-10)16-7-6-15(13(14)17)9-11(16)2/h3-5,8,11H,6-7,9H2,1-2H3,(H2,14,17). The molecule has 2 N–H and O–H groups in total. The molecule has 92 valence electrons. The fourth-order valence-corrected chi connectivity index (χ4v) is 2.35.